The van der Waals surface area contributed by atoms with E-state index in [1.807, 2.05) is 6.92 Å². The van der Waals surface area contributed by atoms with Gasteiger partial charge in [0.1, 0.15) is 0 Å². The first kappa shape index (κ1) is 16.2. The molecule has 0 radical (unpaired) electrons. The Labute approximate surface area is 117 Å². The van der Waals surface area contributed by atoms with Crippen molar-refractivity contribution in [3.05, 3.63) is 34.9 Å². The number of aryl methyl sites for hydroxylation is 2. The van der Waals surface area contributed by atoms with Crippen molar-refractivity contribution in [2.45, 2.75) is 59.1 Å². The van der Waals surface area contributed by atoms with Crippen LogP contribution >= 0.6 is 0 Å². The Hall–Kier alpha value is -0.900. The number of nitrogens with one attached hydrogen (secondary N) is 1. The Morgan fingerprint density at radius 1 is 1.26 bits per heavy atom. The van der Waals surface area contributed by atoms with E-state index in [9.17, 15) is 0 Å². The van der Waals surface area contributed by atoms with Crippen LogP contribution in [0.4, 0.5) is 0 Å². The normalized spacial score (nSPS) is 16.1. The van der Waals surface area contributed by atoms with Crippen LogP contribution in [0.2, 0.25) is 0 Å². The van der Waals surface area contributed by atoms with Gasteiger partial charge in [-0.1, -0.05) is 25.1 Å². The van der Waals surface area contributed by atoms with Crippen LogP contribution in [0.25, 0.3) is 0 Å². The molecule has 2 unspecified atom stereocenters. The first-order chi connectivity index (χ1) is 8.98. The molecule has 0 fully saturated rings. The summed E-state index contributed by atoms with van der Waals surface area (Å²) in [5, 5.41) is 0. The Morgan fingerprint density at radius 3 is 2.26 bits per heavy atom. The van der Waals surface area contributed by atoms with Crippen LogP contribution in [0.1, 0.15) is 43.9 Å². The summed E-state index contributed by atoms with van der Waals surface area (Å²) in [5.41, 5.74) is 6.71. The number of rotatable bonds is 7. The van der Waals surface area contributed by atoms with Gasteiger partial charge in [-0.15, -0.1) is 0 Å². The molecular formula is C16H28N2O. The molecule has 0 aromatic heterocycles. The predicted molar refractivity (Wildman–Crippen MR) is 81.1 cm³/mol. The van der Waals surface area contributed by atoms with E-state index >= 15 is 0 Å². The van der Waals surface area contributed by atoms with Gasteiger partial charge in [0.15, 0.2) is 0 Å². The number of ether oxygens (including phenoxy) is 1. The van der Waals surface area contributed by atoms with Gasteiger partial charge in [0.25, 0.3) is 0 Å². The van der Waals surface area contributed by atoms with Gasteiger partial charge >= 0.3 is 0 Å². The van der Waals surface area contributed by atoms with E-state index in [0.717, 1.165) is 12.8 Å². The standard InChI is InChI=1S/C16H28N2O/c1-6-16(5,19-7-2)15(18-17)11-14-12(3)9-8-10-13(14)4/h8-10,15,18H,6-7,11,17H2,1-5H3. The number of hydrazine groups is 1. The largest absolute Gasteiger partial charge is 0.374 e. The molecule has 3 nitrogen and oxygen atoms in total. The molecule has 0 aliphatic rings. The maximum atomic E-state index is 5.94. The Balaban J connectivity index is 2.99. The van der Waals surface area contributed by atoms with Crippen molar-refractivity contribution >= 4 is 0 Å². The highest BCUT2D eigenvalue weighted by Crippen LogP contribution is 2.25. The number of benzene rings is 1. The molecule has 0 amide bonds. The van der Waals surface area contributed by atoms with E-state index < -0.39 is 0 Å². The minimum absolute atomic E-state index is 0.109. The molecule has 3 N–H and O–H groups in total. The van der Waals surface area contributed by atoms with E-state index in [1.165, 1.54) is 16.7 Å². The van der Waals surface area contributed by atoms with Crippen molar-refractivity contribution in [3.8, 4) is 0 Å². The summed E-state index contributed by atoms with van der Waals surface area (Å²) in [6.07, 6.45) is 1.82. The zero-order valence-electron chi connectivity index (χ0n) is 12.9. The number of nitrogens with two attached hydrogens (primary N) is 1. The summed E-state index contributed by atoms with van der Waals surface area (Å²) in [7, 11) is 0. The van der Waals surface area contributed by atoms with Crippen LogP contribution in [0.15, 0.2) is 18.2 Å². The quantitative estimate of drug-likeness (QED) is 0.588. The van der Waals surface area contributed by atoms with Crippen molar-refractivity contribution in [3.63, 3.8) is 0 Å². The molecule has 0 spiro atoms. The molecule has 0 aliphatic heterocycles. The molecule has 1 aromatic rings. The molecule has 0 saturated carbocycles. The van der Waals surface area contributed by atoms with Crippen LogP contribution in [0, 0.1) is 13.8 Å². The summed E-state index contributed by atoms with van der Waals surface area (Å²) in [5.74, 6) is 5.78. The second-order valence-corrected chi connectivity index (χ2v) is 5.39. The van der Waals surface area contributed by atoms with Crippen molar-refractivity contribution < 1.29 is 4.74 Å². The minimum atomic E-state index is -0.238. The molecule has 0 heterocycles. The number of hydrogen-bond donors (Lipinski definition) is 2. The van der Waals surface area contributed by atoms with E-state index in [-0.39, 0.29) is 11.6 Å². The highest BCUT2D eigenvalue weighted by Gasteiger charge is 2.33. The summed E-state index contributed by atoms with van der Waals surface area (Å²) < 4.78 is 5.94. The van der Waals surface area contributed by atoms with Crippen LogP contribution in [-0.4, -0.2) is 18.2 Å². The average molecular weight is 264 g/mol. The van der Waals surface area contributed by atoms with Crippen LogP contribution < -0.4 is 11.3 Å². The lowest BCUT2D eigenvalue weighted by Crippen LogP contribution is -2.54. The fourth-order valence-electron chi connectivity index (χ4n) is 2.60. The molecule has 0 saturated heterocycles. The lowest BCUT2D eigenvalue weighted by atomic mass is 9.86. The van der Waals surface area contributed by atoms with E-state index in [2.05, 4.69) is 51.3 Å². The first-order valence-corrected chi connectivity index (χ1v) is 7.13. The molecule has 19 heavy (non-hydrogen) atoms. The molecule has 2 atom stereocenters. The summed E-state index contributed by atoms with van der Waals surface area (Å²) in [4.78, 5) is 0. The molecule has 1 aromatic carbocycles. The second-order valence-electron chi connectivity index (χ2n) is 5.39. The van der Waals surface area contributed by atoms with E-state index in [0.29, 0.717) is 6.61 Å². The van der Waals surface area contributed by atoms with Gasteiger partial charge < -0.3 is 4.74 Å². The molecule has 0 aliphatic carbocycles. The van der Waals surface area contributed by atoms with Gasteiger partial charge in [-0.05, 0) is 57.2 Å². The third kappa shape index (κ3) is 3.78. The molecule has 0 bridgehead atoms. The third-order valence-electron chi connectivity index (χ3n) is 4.17. The molecular weight excluding hydrogens is 236 g/mol. The van der Waals surface area contributed by atoms with E-state index in [4.69, 9.17) is 10.6 Å². The van der Waals surface area contributed by atoms with E-state index in [1.54, 1.807) is 0 Å². The van der Waals surface area contributed by atoms with Gasteiger partial charge in [0, 0.05) is 6.61 Å². The van der Waals surface area contributed by atoms with Crippen molar-refractivity contribution in [1.82, 2.24) is 5.43 Å². The zero-order chi connectivity index (χ0) is 14.5. The van der Waals surface area contributed by atoms with Crippen molar-refractivity contribution in [1.29, 1.82) is 0 Å². The first-order valence-electron chi connectivity index (χ1n) is 7.13. The van der Waals surface area contributed by atoms with Crippen molar-refractivity contribution in [2.75, 3.05) is 6.61 Å². The highest BCUT2D eigenvalue weighted by molar-refractivity contribution is 5.34. The molecule has 3 heteroatoms. The van der Waals surface area contributed by atoms with Gasteiger partial charge in [0.05, 0.1) is 11.6 Å². The van der Waals surface area contributed by atoms with Gasteiger partial charge in [-0.3, -0.25) is 11.3 Å². The summed E-state index contributed by atoms with van der Waals surface area (Å²) in [6, 6.07) is 6.51. The van der Waals surface area contributed by atoms with Crippen LogP contribution in [0.3, 0.4) is 0 Å². The Morgan fingerprint density at radius 2 is 1.84 bits per heavy atom. The fourth-order valence-corrected chi connectivity index (χ4v) is 2.60. The van der Waals surface area contributed by atoms with Crippen molar-refractivity contribution in [2.24, 2.45) is 5.84 Å². The van der Waals surface area contributed by atoms with Crippen LogP contribution in [-0.2, 0) is 11.2 Å². The summed E-state index contributed by atoms with van der Waals surface area (Å²) in [6.45, 7) is 11.3. The fraction of sp³-hybridized carbons (Fsp3) is 0.625. The topological polar surface area (TPSA) is 47.3 Å². The second kappa shape index (κ2) is 7.04. The maximum absolute atomic E-state index is 5.94. The smallest absolute Gasteiger partial charge is 0.0820 e. The molecule has 1 rings (SSSR count). The van der Waals surface area contributed by atoms with Crippen LogP contribution in [0.5, 0.6) is 0 Å². The monoisotopic (exact) mass is 264 g/mol. The molecule has 108 valence electrons. The zero-order valence-corrected chi connectivity index (χ0v) is 12.9. The minimum Gasteiger partial charge on any atom is -0.374 e. The van der Waals surface area contributed by atoms with Gasteiger partial charge in [-0.2, -0.15) is 0 Å². The third-order valence-corrected chi connectivity index (χ3v) is 4.17. The van der Waals surface area contributed by atoms with Gasteiger partial charge in [0.2, 0.25) is 0 Å². The number of hydrogen-bond acceptors (Lipinski definition) is 3. The Bertz CT molecular complexity index is 385. The SMILES string of the molecule is CCOC(C)(CC)C(Cc1c(C)cccc1C)NN. The average Bonchev–Trinajstić information content (AvgIpc) is 2.38. The summed E-state index contributed by atoms with van der Waals surface area (Å²) >= 11 is 0. The highest BCUT2D eigenvalue weighted by atomic mass is 16.5. The lowest BCUT2D eigenvalue weighted by molar-refractivity contribution is -0.0551. The predicted octanol–water partition coefficient (Wildman–Crippen LogP) is 2.88. The Kier molecular flexibility index (Phi) is 5.98. The maximum Gasteiger partial charge on any atom is 0.0820 e. The lowest BCUT2D eigenvalue weighted by Gasteiger charge is -2.37. The van der Waals surface area contributed by atoms with Gasteiger partial charge in [-0.25, -0.2) is 0 Å².